The van der Waals surface area contributed by atoms with E-state index in [0.717, 1.165) is 30.5 Å². The van der Waals surface area contributed by atoms with Gasteiger partial charge in [-0.15, -0.1) is 0 Å². The molecule has 0 fully saturated rings. The monoisotopic (exact) mass is 228 g/mol. The van der Waals surface area contributed by atoms with Crippen molar-refractivity contribution in [3.05, 3.63) is 5.82 Å². The third-order valence-corrected chi connectivity index (χ3v) is 2.80. The van der Waals surface area contributed by atoms with E-state index in [9.17, 15) is 0 Å². The third-order valence-electron chi connectivity index (χ3n) is 2.09. The van der Waals surface area contributed by atoms with E-state index in [1.807, 2.05) is 0 Å². The number of nitrogens with zero attached hydrogens (tertiary/aromatic N) is 3. The van der Waals surface area contributed by atoms with Gasteiger partial charge in [-0.05, 0) is 33.5 Å². The summed E-state index contributed by atoms with van der Waals surface area (Å²) in [4.78, 5) is 6.56. The number of aromatic nitrogens is 2. The SMILES string of the molecule is CCc1nsc(NCCCCN(C)C)n1. The number of hydrogen-bond donors (Lipinski definition) is 1. The molecular weight excluding hydrogens is 208 g/mol. The van der Waals surface area contributed by atoms with Gasteiger partial charge in [0.2, 0.25) is 5.13 Å². The molecule has 0 aromatic carbocycles. The van der Waals surface area contributed by atoms with Crippen molar-refractivity contribution >= 4 is 16.7 Å². The Bertz CT molecular complexity index is 272. The molecule has 1 aromatic heterocycles. The van der Waals surface area contributed by atoms with Gasteiger partial charge in [-0.2, -0.15) is 4.37 Å². The van der Waals surface area contributed by atoms with Crippen LogP contribution < -0.4 is 5.32 Å². The van der Waals surface area contributed by atoms with Gasteiger partial charge in [-0.3, -0.25) is 0 Å². The van der Waals surface area contributed by atoms with Gasteiger partial charge < -0.3 is 10.2 Å². The Kier molecular flexibility index (Phi) is 5.57. The fraction of sp³-hybridized carbons (Fsp3) is 0.800. The molecule has 0 aliphatic heterocycles. The Morgan fingerprint density at radius 1 is 1.33 bits per heavy atom. The zero-order chi connectivity index (χ0) is 11.1. The summed E-state index contributed by atoms with van der Waals surface area (Å²) in [7, 11) is 4.21. The van der Waals surface area contributed by atoms with Crippen molar-refractivity contribution in [2.24, 2.45) is 0 Å². The first-order valence-electron chi connectivity index (χ1n) is 5.43. The van der Waals surface area contributed by atoms with Crippen molar-refractivity contribution in [2.75, 3.05) is 32.5 Å². The summed E-state index contributed by atoms with van der Waals surface area (Å²) < 4.78 is 4.22. The van der Waals surface area contributed by atoms with Crippen LogP contribution >= 0.6 is 11.5 Å². The summed E-state index contributed by atoms with van der Waals surface area (Å²) in [5, 5.41) is 4.25. The number of aryl methyl sites for hydroxylation is 1. The standard InChI is InChI=1S/C10H20N4S/c1-4-9-12-10(15-13-9)11-7-5-6-8-14(2)3/h4-8H2,1-3H3,(H,11,12,13). The fourth-order valence-electron chi connectivity index (χ4n) is 1.22. The number of anilines is 1. The highest BCUT2D eigenvalue weighted by Crippen LogP contribution is 2.11. The molecule has 0 atom stereocenters. The summed E-state index contributed by atoms with van der Waals surface area (Å²) in [5.74, 6) is 0.941. The van der Waals surface area contributed by atoms with Crippen molar-refractivity contribution in [1.29, 1.82) is 0 Å². The van der Waals surface area contributed by atoms with Gasteiger partial charge in [0, 0.05) is 24.5 Å². The number of hydrogen-bond acceptors (Lipinski definition) is 5. The zero-order valence-corrected chi connectivity index (χ0v) is 10.6. The van der Waals surface area contributed by atoms with Crippen LogP contribution in [-0.4, -0.2) is 41.4 Å². The fourth-order valence-corrected chi connectivity index (χ4v) is 1.89. The lowest BCUT2D eigenvalue weighted by Gasteiger charge is -2.08. The molecule has 0 spiro atoms. The van der Waals surface area contributed by atoms with E-state index < -0.39 is 0 Å². The number of unbranched alkanes of at least 4 members (excludes halogenated alkanes) is 1. The van der Waals surface area contributed by atoms with Crippen LogP contribution in [0.4, 0.5) is 5.13 Å². The molecule has 1 N–H and O–H groups in total. The topological polar surface area (TPSA) is 41.1 Å². The summed E-state index contributed by atoms with van der Waals surface area (Å²) in [6, 6.07) is 0. The maximum Gasteiger partial charge on any atom is 0.202 e. The maximum absolute atomic E-state index is 4.35. The van der Waals surface area contributed by atoms with Gasteiger partial charge in [-0.25, -0.2) is 4.98 Å². The molecule has 5 heteroatoms. The van der Waals surface area contributed by atoms with E-state index in [0.29, 0.717) is 0 Å². The molecule has 0 unspecified atom stereocenters. The Labute approximate surface area is 95.9 Å². The lowest BCUT2D eigenvalue weighted by atomic mass is 10.3. The second kappa shape index (κ2) is 6.74. The molecule has 0 saturated carbocycles. The Morgan fingerprint density at radius 2 is 2.13 bits per heavy atom. The molecular formula is C10H20N4S. The predicted molar refractivity (Wildman–Crippen MR) is 65.6 cm³/mol. The van der Waals surface area contributed by atoms with E-state index in [-0.39, 0.29) is 0 Å². The maximum atomic E-state index is 4.35. The molecule has 0 amide bonds. The third kappa shape index (κ3) is 5.09. The van der Waals surface area contributed by atoms with E-state index in [2.05, 4.69) is 40.6 Å². The van der Waals surface area contributed by atoms with Crippen LogP contribution in [0.5, 0.6) is 0 Å². The van der Waals surface area contributed by atoms with Crippen molar-refractivity contribution in [3.8, 4) is 0 Å². The first kappa shape index (κ1) is 12.4. The van der Waals surface area contributed by atoms with Gasteiger partial charge in [0.25, 0.3) is 0 Å². The zero-order valence-electron chi connectivity index (χ0n) is 9.79. The summed E-state index contributed by atoms with van der Waals surface area (Å²) in [6.45, 7) is 4.22. The number of rotatable bonds is 7. The minimum atomic E-state index is 0.915. The predicted octanol–water partition coefficient (Wildman–Crippen LogP) is 1.85. The highest BCUT2D eigenvalue weighted by molar-refractivity contribution is 7.09. The summed E-state index contributed by atoms with van der Waals surface area (Å²) >= 11 is 1.46. The van der Waals surface area contributed by atoms with Crippen molar-refractivity contribution in [3.63, 3.8) is 0 Å². The van der Waals surface area contributed by atoms with Crippen molar-refractivity contribution < 1.29 is 0 Å². The molecule has 0 saturated heterocycles. The van der Waals surface area contributed by atoms with E-state index in [1.165, 1.54) is 24.4 Å². The molecule has 1 rings (SSSR count). The lowest BCUT2D eigenvalue weighted by molar-refractivity contribution is 0.396. The van der Waals surface area contributed by atoms with E-state index in [1.54, 1.807) is 0 Å². The van der Waals surface area contributed by atoms with Crippen LogP contribution in [0.15, 0.2) is 0 Å². The van der Waals surface area contributed by atoms with Crippen LogP contribution in [-0.2, 0) is 6.42 Å². The second-order valence-electron chi connectivity index (χ2n) is 3.81. The molecule has 1 heterocycles. The van der Waals surface area contributed by atoms with Gasteiger partial charge in [0.05, 0.1) is 0 Å². The van der Waals surface area contributed by atoms with E-state index in [4.69, 9.17) is 0 Å². The lowest BCUT2D eigenvalue weighted by Crippen LogP contribution is -2.14. The van der Waals surface area contributed by atoms with Crippen LogP contribution in [0.1, 0.15) is 25.6 Å². The van der Waals surface area contributed by atoms with Crippen molar-refractivity contribution in [1.82, 2.24) is 14.3 Å². The molecule has 0 aliphatic rings. The molecule has 4 nitrogen and oxygen atoms in total. The average Bonchev–Trinajstić information content (AvgIpc) is 2.65. The Hall–Kier alpha value is -0.680. The minimum Gasteiger partial charge on any atom is -0.360 e. The Morgan fingerprint density at radius 3 is 2.73 bits per heavy atom. The van der Waals surface area contributed by atoms with Gasteiger partial charge >= 0.3 is 0 Å². The summed E-state index contributed by atoms with van der Waals surface area (Å²) in [5.41, 5.74) is 0. The van der Waals surface area contributed by atoms with Crippen LogP contribution in [0, 0.1) is 0 Å². The van der Waals surface area contributed by atoms with Crippen LogP contribution in [0.2, 0.25) is 0 Å². The largest absolute Gasteiger partial charge is 0.360 e. The molecule has 0 radical (unpaired) electrons. The number of nitrogens with one attached hydrogen (secondary N) is 1. The summed E-state index contributed by atoms with van der Waals surface area (Å²) in [6.07, 6.45) is 3.32. The highest BCUT2D eigenvalue weighted by Gasteiger charge is 2.00. The smallest absolute Gasteiger partial charge is 0.202 e. The first-order chi connectivity index (χ1) is 7.22. The highest BCUT2D eigenvalue weighted by atomic mass is 32.1. The normalized spacial score (nSPS) is 10.9. The molecule has 15 heavy (non-hydrogen) atoms. The molecule has 1 aromatic rings. The minimum absolute atomic E-state index is 0.915. The molecule has 0 bridgehead atoms. The first-order valence-corrected chi connectivity index (χ1v) is 6.21. The van der Waals surface area contributed by atoms with Gasteiger partial charge in [-0.1, -0.05) is 6.92 Å². The van der Waals surface area contributed by atoms with Gasteiger partial charge in [0.1, 0.15) is 5.82 Å². The molecule has 86 valence electrons. The van der Waals surface area contributed by atoms with Crippen LogP contribution in [0.25, 0.3) is 0 Å². The van der Waals surface area contributed by atoms with Crippen LogP contribution in [0.3, 0.4) is 0 Å². The quantitative estimate of drug-likeness (QED) is 0.723. The van der Waals surface area contributed by atoms with Gasteiger partial charge in [0.15, 0.2) is 0 Å². The Balaban J connectivity index is 2.09. The second-order valence-corrected chi connectivity index (χ2v) is 4.56. The van der Waals surface area contributed by atoms with Crippen molar-refractivity contribution in [2.45, 2.75) is 26.2 Å². The molecule has 0 aliphatic carbocycles. The van der Waals surface area contributed by atoms with E-state index >= 15 is 0 Å². The average molecular weight is 228 g/mol.